The van der Waals surface area contributed by atoms with Gasteiger partial charge in [-0.25, -0.2) is 4.79 Å². The standard InChI is InChI=1S/C12H14N4O3S/c1-19-12-16-15-11(20-12)14-10(18)13-7-6-8-2-4-9(17)5-3-8/h2-5,17H,6-7H2,1H3,(H2,13,14,15,18). The summed E-state index contributed by atoms with van der Waals surface area (Å²) in [4.78, 5) is 11.6. The number of ether oxygens (including phenoxy) is 1. The van der Waals surface area contributed by atoms with Gasteiger partial charge in [-0.05, 0) is 35.5 Å². The second kappa shape index (κ2) is 6.71. The number of amides is 2. The lowest BCUT2D eigenvalue weighted by molar-refractivity contribution is 0.252. The molecule has 2 rings (SSSR count). The van der Waals surface area contributed by atoms with Gasteiger partial charge < -0.3 is 15.2 Å². The number of aromatic nitrogens is 2. The number of nitrogens with one attached hydrogen (secondary N) is 2. The van der Waals surface area contributed by atoms with Crippen molar-refractivity contribution in [1.82, 2.24) is 15.5 Å². The lowest BCUT2D eigenvalue weighted by Crippen LogP contribution is -2.30. The minimum atomic E-state index is -0.345. The molecule has 0 radical (unpaired) electrons. The summed E-state index contributed by atoms with van der Waals surface area (Å²) in [5, 5.41) is 22.7. The molecule has 0 saturated heterocycles. The molecule has 0 unspecified atom stereocenters. The molecule has 0 saturated carbocycles. The Bertz CT molecular complexity index is 570. The molecule has 1 aromatic heterocycles. The number of hydrogen-bond donors (Lipinski definition) is 3. The van der Waals surface area contributed by atoms with Crippen LogP contribution in [0, 0.1) is 0 Å². The largest absolute Gasteiger partial charge is 0.508 e. The van der Waals surface area contributed by atoms with Gasteiger partial charge in [-0.3, -0.25) is 5.32 Å². The first-order chi connectivity index (χ1) is 9.67. The average molecular weight is 294 g/mol. The molecule has 8 heteroatoms. The SMILES string of the molecule is COc1nnc(NC(=O)NCCc2ccc(O)cc2)s1. The van der Waals surface area contributed by atoms with Gasteiger partial charge in [0.1, 0.15) is 5.75 Å². The van der Waals surface area contributed by atoms with Crippen LogP contribution in [-0.2, 0) is 6.42 Å². The summed E-state index contributed by atoms with van der Waals surface area (Å²) in [6.07, 6.45) is 0.674. The molecule has 0 aliphatic rings. The van der Waals surface area contributed by atoms with Gasteiger partial charge in [-0.15, -0.1) is 5.10 Å². The summed E-state index contributed by atoms with van der Waals surface area (Å²) < 4.78 is 4.88. The minimum absolute atomic E-state index is 0.227. The lowest BCUT2D eigenvalue weighted by atomic mass is 10.1. The van der Waals surface area contributed by atoms with E-state index < -0.39 is 0 Å². The molecule has 106 valence electrons. The van der Waals surface area contributed by atoms with Crippen molar-refractivity contribution in [2.75, 3.05) is 19.0 Å². The highest BCUT2D eigenvalue weighted by molar-refractivity contribution is 7.17. The third-order valence-electron chi connectivity index (χ3n) is 2.44. The molecule has 20 heavy (non-hydrogen) atoms. The average Bonchev–Trinajstić information content (AvgIpc) is 2.88. The minimum Gasteiger partial charge on any atom is -0.508 e. The summed E-state index contributed by atoms with van der Waals surface area (Å²) >= 11 is 1.15. The normalized spacial score (nSPS) is 10.1. The number of phenolic OH excluding ortho intramolecular Hbond substituents is 1. The first-order valence-corrected chi connectivity index (χ1v) is 6.69. The van der Waals surface area contributed by atoms with Crippen LogP contribution >= 0.6 is 11.3 Å². The smallest absolute Gasteiger partial charge is 0.321 e. The van der Waals surface area contributed by atoms with Crippen LogP contribution < -0.4 is 15.4 Å². The van der Waals surface area contributed by atoms with E-state index in [0.29, 0.717) is 23.3 Å². The molecule has 0 aliphatic carbocycles. The Morgan fingerprint density at radius 2 is 2.10 bits per heavy atom. The third-order valence-corrected chi connectivity index (χ3v) is 3.24. The predicted octanol–water partition coefficient (Wildman–Crippen LogP) is 1.62. The van der Waals surface area contributed by atoms with Gasteiger partial charge in [0, 0.05) is 6.54 Å². The zero-order valence-corrected chi connectivity index (χ0v) is 11.6. The van der Waals surface area contributed by atoms with Crippen molar-refractivity contribution >= 4 is 22.5 Å². The second-order valence-electron chi connectivity index (χ2n) is 3.87. The summed E-state index contributed by atoms with van der Waals surface area (Å²) in [5.41, 5.74) is 1.03. The molecule has 1 heterocycles. The summed E-state index contributed by atoms with van der Waals surface area (Å²) in [6, 6.07) is 6.50. The number of carbonyl (C=O) groups is 1. The van der Waals surface area contributed by atoms with Crippen molar-refractivity contribution in [2.24, 2.45) is 0 Å². The van der Waals surface area contributed by atoms with Crippen molar-refractivity contribution < 1.29 is 14.6 Å². The Morgan fingerprint density at radius 1 is 1.35 bits per heavy atom. The molecule has 0 atom stereocenters. The van der Waals surface area contributed by atoms with Crippen LogP contribution in [0.3, 0.4) is 0 Å². The molecular formula is C12H14N4O3S. The van der Waals surface area contributed by atoms with Gasteiger partial charge in [0.05, 0.1) is 7.11 Å². The Balaban J connectivity index is 1.73. The quantitative estimate of drug-likeness (QED) is 0.778. The van der Waals surface area contributed by atoms with E-state index in [1.807, 2.05) is 12.1 Å². The number of rotatable bonds is 5. The molecule has 7 nitrogen and oxygen atoms in total. The zero-order valence-electron chi connectivity index (χ0n) is 10.8. The van der Waals surface area contributed by atoms with Gasteiger partial charge >= 0.3 is 6.03 Å². The zero-order chi connectivity index (χ0) is 14.4. The van der Waals surface area contributed by atoms with Crippen molar-refractivity contribution in [1.29, 1.82) is 0 Å². The first-order valence-electron chi connectivity index (χ1n) is 5.87. The topological polar surface area (TPSA) is 96.4 Å². The van der Waals surface area contributed by atoms with E-state index in [9.17, 15) is 4.79 Å². The summed E-state index contributed by atoms with van der Waals surface area (Å²) in [6.45, 7) is 0.479. The fourth-order valence-electron chi connectivity index (χ4n) is 1.47. The highest BCUT2D eigenvalue weighted by atomic mass is 32.1. The Kier molecular flexibility index (Phi) is 4.72. The van der Waals surface area contributed by atoms with E-state index in [1.165, 1.54) is 7.11 Å². The summed E-state index contributed by atoms with van der Waals surface area (Å²) in [7, 11) is 1.49. The Labute approximate surface area is 119 Å². The molecule has 0 fully saturated rings. The van der Waals surface area contributed by atoms with Crippen molar-refractivity contribution in [3.63, 3.8) is 0 Å². The van der Waals surface area contributed by atoms with E-state index in [4.69, 9.17) is 9.84 Å². The number of methoxy groups -OCH3 is 1. The monoisotopic (exact) mass is 294 g/mol. The van der Waals surface area contributed by atoms with Crippen molar-refractivity contribution in [2.45, 2.75) is 6.42 Å². The van der Waals surface area contributed by atoms with E-state index in [1.54, 1.807) is 12.1 Å². The second-order valence-corrected chi connectivity index (χ2v) is 4.81. The van der Waals surface area contributed by atoms with E-state index in [0.717, 1.165) is 16.9 Å². The van der Waals surface area contributed by atoms with Gasteiger partial charge in [0.15, 0.2) is 0 Å². The lowest BCUT2D eigenvalue weighted by Gasteiger charge is -2.05. The van der Waals surface area contributed by atoms with E-state index in [-0.39, 0.29) is 11.8 Å². The highest BCUT2D eigenvalue weighted by Crippen LogP contribution is 2.21. The van der Waals surface area contributed by atoms with Gasteiger partial charge in [-0.1, -0.05) is 17.2 Å². The maximum Gasteiger partial charge on any atom is 0.321 e. The molecule has 0 aliphatic heterocycles. The highest BCUT2D eigenvalue weighted by Gasteiger charge is 2.07. The van der Waals surface area contributed by atoms with Gasteiger partial charge in [0.2, 0.25) is 5.13 Å². The first kappa shape index (κ1) is 14.1. The van der Waals surface area contributed by atoms with Crippen molar-refractivity contribution in [3.8, 4) is 10.9 Å². The van der Waals surface area contributed by atoms with Crippen LogP contribution in [-0.4, -0.2) is 35.0 Å². The molecular weight excluding hydrogens is 280 g/mol. The Morgan fingerprint density at radius 3 is 2.75 bits per heavy atom. The third kappa shape index (κ3) is 4.09. The molecule has 2 aromatic rings. The number of nitrogens with zero attached hydrogens (tertiary/aromatic N) is 2. The van der Waals surface area contributed by atoms with Crippen LogP contribution in [0.25, 0.3) is 0 Å². The molecule has 0 spiro atoms. The van der Waals surface area contributed by atoms with Crippen LogP contribution in [0.1, 0.15) is 5.56 Å². The van der Waals surface area contributed by atoms with Crippen LogP contribution in [0.2, 0.25) is 0 Å². The fraction of sp³-hybridized carbons (Fsp3) is 0.250. The van der Waals surface area contributed by atoms with Gasteiger partial charge in [-0.2, -0.15) is 0 Å². The number of aromatic hydroxyl groups is 1. The molecule has 0 bridgehead atoms. The van der Waals surface area contributed by atoms with Crippen LogP contribution in [0.4, 0.5) is 9.93 Å². The maximum atomic E-state index is 11.6. The number of hydrogen-bond acceptors (Lipinski definition) is 6. The summed E-state index contributed by atoms with van der Waals surface area (Å²) in [5.74, 6) is 0.227. The molecule has 3 N–H and O–H groups in total. The number of carbonyl (C=O) groups excluding carboxylic acids is 1. The fourth-order valence-corrected chi connectivity index (χ4v) is 2.02. The number of urea groups is 1. The van der Waals surface area contributed by atoms with Crippen molar-refractivity contribution in [3.05, 3.63) is 29.8 Å². The maximum absolute atomic E-state index is 11.6. The number of phenols is 1. The predicted molar refractivity (Wildman–Crippen MR) is 75.3 cm³/mol. The number of benzene rings is 1. The van der Waals surface area contributed by atoms with Crippen LogP contribution in [0.15, 0.2) is 24.3 Å². The van der Waals surface area contributed by atoms with Gasteiger partial charge in [0.25, 0.3) is 5.19 Å². The number of anilines is 1. The molecule has 2 amide bonds. The van der Waals surface area contributed by atoms with E-state index in [2.05, 4.69) is 20.8 Å². The Hall–Kier alpha value is -2.35. The van der Waals surface area contributed by atoms with Crippen LogP contribution in [0.5, 0.6) is 10.9 Å². The van der Waals surface area contributed by atoms with E-state index >= 15 is 0 Å². The molecule has 1 aromatic carbocycles.